The summed E-state index contributed by atoms with van der Waals surface area (Å²) >= 11 is 0. The van der Waals surface area contributed by atoms with Crippen LogP contribution in [0, 0.1) is 5.92 Å². The molecule has 3 rings (SSSR count). The van der Waals surface area contributed by atoms with Gasteiger partial charge in [0.15, 0.2) is 0 Å². The van der Waals surface area contributed by atoms with E-state index in [1.807, 2.05) is 24.5 Å². The number of pyridine rings is 1. The first-order chi connectivity index (χ1) is 9.43. The summed E-state index contributed by atoms with van der Waals surface area (Å²) in [5.74, 6) is 0.647. The molecule has 0 aromatic carbocycles. The molecule has 1 saturated heterocycles. The summed E-state index contributed by atoms with van der Waals surface area (Å²) in [6, 6.07) is 3.97. The first-order valence-electron chi connectivity index (χ1n) is 6.64. The fourth-order valence-corrected chi connectivity index (χ4v) is 2.36. The van der Waals surface area contributed by atoms with E-state index in [4.69, 9.17) is 4.74 Å². The summed E-state index contributed by atoms with van der Waals surface area (Å²) in [6.07, 6.45) is 6.66. The Kier molecular flexibility index (Phi) is 3.86. The van der Waals surface area contributed by atoms with E-state index >= 15 is 0 Å². The maximum atomic E-state index is 5.37. The van der Waals surface area contributed by atoms with Gasteiger partial charge in [0, 0.05) is 43.2 Å². The van der Waals surface area contributed by atoms with Crippen molar-refractivity contribution in [2.75, 3.05) is 19.8 Å². The molecule has 0 radical (unpaired) electrons. The third-order valence-corrected chi connectivity index (χ3v) is 3.44. The molecule has 100 valence electrons. The maximum absolute atomic E-state index is 5.37. The van der Waals surface area contributed by atoms with Crippen LogP contribution in [-0.4, -0.2) is 34.9 Å². The molecule has 0 amide bonds. The van der Waals surface area contributed by atoms with Crippen molar-refractivity contribution in [3.05, 3.63) is 36.3 Å². The van der Waals surface area contributed by atoms with Gasteiger partial charge in [-0.3, -0.25) is 10.1 Å². The second kappa shape index (κ2) is 5.95. The van der Waals surface area contributed by atoms with E-state index in [1.165, 1.54) is 5.56 Å². The molecule has 2 aromatic heterocycles. The van der Waals surface area contributed by atoms with E-state index < -0.39 is 0 Å². The molecule has 0 spiro atoms. The van der Waals surface area contributed by atoms with Crippen molar-refractivity contribution in [2.24, 2.45) is 5.92 Å². The third-order valence-electron chi connectivity index (χ3n) is 3.44. The first-order valence-corrected chi connectivity index (χ1v) is 6.64. The summed E-state index contributed by atoms with van der Waals surface area (Å²) in [5.41, 5.74) is 3.29. The first kappa shape index (κ1) is 12.3. The van der Waals surface area contributed by atoms with E-state index in [0.29, 0.717) is 5.92 Å². The summed E-state index contributed by atoms with van der Waals surface area (Å²) < 4.78 is 5.37. The summed E-state index contributed by atoms with van der Waals surface area (Å²) in [4.78, 5) is 4.14. The second-order valence-corrected chi connectivity index (χ2v) is 4.87. The number of aromatic amines is 1. The van der Waals surface area contributed by atoms with Crippen molar-refractivity contribution in [2.45, 2.75) is 13.0 Å². The van der Waals surface area contributed by atoms with Crippen molar-refractivity contribution in [3.63, 3.8) is 0 Å². The van der Waals surface area contributed by atoms with Gasteiger partial charge in [0.2, 0.25) is 0 Å². The molecule has 2 N–H and O–H groups in total. The van der Waals surface area contributed by atoms with Crippen LogP contribution in [0.25, 0.3) is 11.3 Å². The maximum Gasteiger partial charge on any atom is 0.0710 e. The van der Waals surface area contributed by atoms with Crippen LogP contribution in [0.2, 0.25) is 0 Å². The number of rotatable bonds is 5. The Morgan fingerprint density at radius 3 is 3.21 bits per heavy atom. The lowest BCUT2D eigenvalue weighted by Gasteiger charge is -2.09. The van der Waals surface area contributed by atoms with Gasteiger partial charge >= 0.3 is 0 Å². The molecule has 19 heavy (non-hydrogen) atoms. The molecule has 3 heterocycles. The van der Waals surface area contributed by atoms with Gasteiger partial charge < -0.3 is 10.1 Å². The number of H-pyrrole nitrogens is 1. The molecule has 1 atom stereocenters. The Balaban J connectivity index is 1.61. The zero-order valence-electron chi connectivity index (χ0n) is 10.8. The van der Waals surface area contributed by atoms with Crippen LogP contribution in [0.3, 0.4) is 0 Å². The van der Waals surface area contributed by atoms with Crippen LogP contribution >= 0.6 is 0 Å². The van der Waals surface area contributed by atoms with Crippen LogP contribution in [-0.2, 0) is 11.3 Å². The second-order valence-electron chi connectivity index (χ2n) is 4.87. The fourth-order valence-electron chi connectivity index (χ4n) is 2.36. The topological polar surface area (TPSA) is 62.8 Å². The lowest BCUT2D eigenvalue weighted by Crippen LogP contribution is -2.22. The average Bonchev–Trinajstić information content (AvgIpc) is 3.11. The van der Waals surface area contributed by atoms with E-state index in [-0.39, 0.29) is 0 Å². The highest BCUT2D eigenvalue weighted by atomic mass is 16.5. The monoisotopic (exact) mass is 258 g/mol. The highest BCUT2D eigenvalue weighted by Crippen LogP contribution is 2.19. The molecule has 0 unspecified atom stereocenters. The minimum atomic E-state index is 0.647. The Morgan fingerprint density at radius 1 is 1.42 bits per heavy atom. The lowest BCUT2D eigenvalue weighted by molar-refractivity contribution is 0.185. The van der Waals surface area contributed by atoms with Crippen molar-refractivity contribution in [1.29, 1.82) is 0 Å². The van der Waals surface area contributed by atoms with E-state index in [9.17, 15) is 0 Å². The van der Waals surface area contributed by atoms with Crippen molar-refractivity contribution >= 4 is 0 Å². The smallest absolute Gasteiger partial charge is 0.0710 e. The molecule has 1 fully saturated rings. The zero-order valence-corrected chi connectivity index (χ0v) is 10.8. The Labute approximate surface area is 112 Å². The molecule has 0 bridgehead atoms. The minimum absolute atomic E-state index is 0.647. The molecular formula is C14H18N4O. The molecule has 2 aromatic rings. The predicted octanol–water partition coefficient (Wildman–Crippen LogP) is 1.60. The van der Waals surface area contributed by atoms with E-state index in [2.05, 4.69) is 20.5 Å². The summed E-state index contributed by atoms with van der Waals surface area (Å²) in [5, 5.41) is 10.7. The van der Waals surface area contributed by atoms with Gasteiger partial charge in [0.05, 0.1) is 18.5 Å². The van der Waals surface area contributed by atoms with Gasteiger partial charge in [-0.05, 0) is 24.5 Å². The predicted molar refractivity (Wildman–Crippen MR) is 72.5 cm³/mol. The van der Waals surface area contributed by atoms with Crippen molar-refractivity contribution in [3.8, 4) is 11.3 Å². The van der Waals surface area contributed by atoms with Crippen LogP contribution in [0.5, 0.6) is 0 Å². The molecule has 5 heteroatoms. The van der Waals surface area contributed by atoms with Gasteiger partial charge in [-0.15, -0.1) is 0 Å². The Bertz CT molecular complexity index is 505. The number of nitrogens with zero attached hydrogens (tertiary/aromatic N) is 2. The van der Waals surface area contributed by atoms with E-state index in [0.717, 1.165) is 44.0 Å². The van der Waals surface area contributed by atoms with E-state index in [1.54, 1.807) is 6.20 Å². The molecule has 1 aliphatic heterocycles. The van der Waals surface area contributed by atoms with Gasteiger partial charge in [-0.25, -0.2) is 0 Å². The third kappa shape index (κ3) is 3.00. The van der Waals surface area contributed by atoms with Gasteiger partial charge in [-0.1, -0.05) is 0 Å². The van der Waals surface area contributed by atoms with Gasteiger partial charge in [0.1, 0.15) is 0 Å². The van der Waals surface area contributed by atoms with Crippen molar-refractivity contribution < 1.29 is 4.74 Å². The molecule has 1 aliphatic rings. The Hall–Kier alpha value is -1.72. The SMILES string of the molecule is c1cncc(-c2[nH]ncc2CNC[C@H]2CCOC2)c1. The standard InChI is InChI=1S/C14H18N4O/c1-2-12(7-15-4-1)14-13(9-17-18-14)8-16-6-11-3-5-19-10-11/h1-2,4,7,9,11,16H,3,5-6,8,10H2,(H,17,18)/t11-/m1/s1. The van der Waals surface area contributed by atoms with Crippen LogP contribution in [0.4, 0.5) is 0 Å². The number of hydrogen-bond donors (Lipinski definition) is 2. The molecule has 5 nitrogen and oxygen atoms in total. The highest BCUT2D eigenvalue weighted by Gasteiger charge is 2.15. The highest BCUT2D eigenvalue weighted by molar-refractivity contribution is 5.61. The average molecular weight is 258 g/mol. The number of aromatic nitrogens is 3. The number of ether oxygens (including phenoxy) is 1. The number of nitrogens with one attached hydrogen (secondary N) is 2. The van der Waals surface area contributed by atoms with Crippen molar-refractivity contribution in [1.82, 2.24) is 20.5 Å². The van der Waals surface area contributed by atoms with Crippen LogP contribution in [0.15, 0.2) is 30.7 Å². The van der Waals surface area contributed by atoms with Crippen LogP contribution < -0.4 is 5.32 Å². The largest absolute Gasteiger partial charge is 0.381 e. The molecule has 0 aliphatic carbocycles. The Morgan fingerprint density at radius 2 is 2.42 bits per heavy atom. The normalized spacial score (nSPS) is 18.8. The molecule has 0 saturated carbocycles. The van der Waals surface area contributed by atoms with Gasteiger partial charge in [0.25, 0.3) is 0 Å². The minimum Gasteiger partial charge on any atom is -0.381 e. The zero-order chi connectivity index (χ0) is 12.9. The fraction of sp³-hybridized carbons (Fsp3) is 0.429. The lowest BCUT2D eigenvalue weighted by atomic mass is 10.1. The quantitative estimate of drug-likeness (QED) is 0.855. The van der Waals surface area contributed by atoms with Gasteiger partial charge in [-0.2, -0.15) is 5.10 Å². The van der Waals surface area contributed by atoms with Crippen LogP contribution in [0.1, 0.15) is 12.0 Å². The number of hydrogen-bond acceptors (Lipinski definition) is 4. The summed E-state index contributed by atoms with van der Waals surface area (Å²) in [7, 11) is 0. The summed E-state index contributed by atoms with van der Waals surface area (Å²) in [6.45, 7) is 3.60. The molecular weight excluding hydrogens is 240 g/mol.